The topological polar surface area (TPSA) is 75.4 Å². The highest BCUT2D eigenvalue weighted by Gasteiger charge is 2.25. The van der Waals surface area contributed by atoms with E-state index in [1.807, 2.05) is 35.7 Å². The van der Waals surface area contributed by atoms with Crippen LogP contribution in [-0.4, -0.2) is 23.3 Å². The Labute approximate surface area is 183 Å². The molecule has 0 unspecified atom stereocenters. The molecule has 0 saturated carbocycles. The number of para-hydroxylation sites is 1. The molecule has 6 nitrogen and oxygen atoms in total. The zero-order valence-corrected chi connectivity index (χ0v) is 17.4. The molecule has 0 bridgehead atoms. The fraction of sp³-hybridized carbons (Fsp3) is 0.125. The first-order valence-electron chi connectivity index (χ1n) is 9.95. The van der Waals surface area contributed by atoms with Gasteiger partial charge in [0.2, 0.25) is 11.8 Å². The van der Waals surface area contributed by atoms with Crippen LogP contribution in [0.1, 0.15) is 21.6 Å². The van der Waals surface area contributed by atoms with E-state index in [2.05, 4.69) is 16.4 Å². The average molecular weight is 430 g/mol. The summed E-state index contributed by atoms with van der Waals surface area (Å²) in [6.07, 6.45) is 2.48. The number of carbonyl (C=O) groups excluding carboxylic acids is 2. The molecule has 0 radical (unpaired) electrons. The third-order valence-corrected chi connectivity index (χ3v) is 6.03. The molecule has 31 heavy (non-hydrogen) atoms. The summed E-state index contributed by atoms with van der Waals surface area (Å²) < 4.78 is 5.45. The molecule has 2 aromatic heterocycles. The summed E-state index contributed by atoms with van der Waals surface area (Å²) in [7, 11) is 0. The number of thiophene rings is 1. The van der Waals surface area contributed by atoms with Gasteiger partial charge in [-0.15, -0.1) is 11.3 Å². The van der Waals surface area contributed by atoms with Gasteiger partial charge in [0.25, 0.3) is 5.91 Å². The lowest BCUT2D eigenvalue weighted by Gasteiger charge is -2.17. The van der Waals surface area contributed by atoms with Crippen LogP contribution in [0.25, 0.3) is 10.8 Å². The van der Waals surface area contributed by atoms with Crippen molar-refractivity contribution in [1.82, 2.24) is 4.98 Å². The number of hydrogen-bond acceptors (Lipinski definition) is 5. The van der Waals surface area contributed by atoms with Gasteiger partial charge in [0, 0.05) is 23.5 Å². The third kappa shape index (κ3) is 4.00. The van der Waals surface area contributed by atoms with Crippen molar-refractivity contribution in [3.63, 3.8) is 0 Å². The number of oxazole rings is 1. The molecule has 5 rings (SSSR count). The van der Waals surface area contributed by atoms with Gasteiger partial charge >= 0.3 is 0 Å². The van der Waals surface area contributed by atoms with Gasteiger partial charge < -0.3 is 14.6 Å². The normalized spacial score (nSPS) is 12.6. The Kier molecular flexibility index (Phi) is 5.09. The second-order valence-corrected chi connectivity index (χ2v) is 8.21. The molecule has 3 heterocycles. The van der Waals surface area contributed by atoms with E-state index in [0.29, 0.717) is 29.4 Å². The maximum absolute atomic E-state index is 12.9. The van der Waals surface area contributed by atoms with Gasteiger partial charge in [0.05, 0.1) is 17.0 Å². The molecular formula is C24H19N3O3S. The van der Waals surface area contributed by atoms with Gasteiger partial charge in [-0.1, -0.05) is 24.3 Å². The van der Waals surface area contributed by atoms with Crippen molar-refractivity contribution in [1.29, 1.82) is 0 Å². The van der Waals surface area contributed by atoms with E-state index < -0.39 is 0 Å². The molecule has 1 aliphatic heterocycles. The zero-order valence-electron chi connectivity index (χ0n) is 16.6. The standard InChI is InChI=1S/C24H19N3O3S/c28-22(14-19-15-30-23(26-19)21-6-3-13-31-21)25-18-9-7-17(8-10-18)24(29)27-12-11-16-4-1-2-5-20(16)27/h1-10,13,15H,11-12,14H2,(H,25,28). The first-order valence-corrected chi connectivity index (χ1v) is 10.8. The predicted octanol–water partition coefficient (Wildman–Crippen LogP) is 4.79. The third-order valence-electron chi connectivity index (χ3n) is 5.17. The lowest BCUT2D eigenvalue weighted by atomic mass is 10.1. The molecule has 4 aromatic rings. The molecule has 7 heteroatoms. The number of nitrogens with zero attached hydrogens (tertiary/aromatic N) is 2. The highest BCUT2D eigenvalue weighted by atomic mass is 32.1. The van der Waals surface area contributed by atoms with E-state index in [-0.39, 0.29) is 18.2 Å². The first kappa shape index (κ1) is 19.3. The summed E-state index contributed by atoms with van der Waals surface area (Å²) in [5.41, 5.74) is 3.95. The van der Waals surface area contributed by atoms with Crippen molar-refractivity contribution >= 4 is 34.5 Å². The van der Waals surface area contributed by atoms with E-state index in [1.165, 1.54) is 23.2 Å². The first-order chi connectivity index (χ1) is 15.2. The van der Waals surface area contributed by atoms with Crippen LogP contribution < -0.4 is 10.2 Å². The smallest absolute Gasteiger partial charge is 0.258 e. The number of amides is 2. The molecule has 1 aliphatic rings. The second kappa shape index (κ2) is 8.20. The van der Waals surface area contributed by atoms with E-state index in [0.717, 1.165) is 17.0 Å². The fourth-order valence-corrected chi connectivity index (χ4v) is 4.33. The van der Waals surface area contributed by atoms with Crippen LogP contribution in [0, 0.1) is 0 Å². The maximum atomic E-state index is 12.9. The number of rotatable bonds is 5. The Morgan fingerprint density at radius 2 is 1.90 bits per heavy atom. The lowest BCUT2D eigenvalue weighted by Crippen LogP contribution is -2.28. The summed E-state index contributed by atoms with van der Waals surface area (Å²) in [6, 6.07) is 18.8. The van der Waals surface area contributed by atoms with Crippen LogP contribution in [0.4, 0.5) is 11.4 Å². The van der Waals surface area contributed by atoms with E-state index in [9.17, 15) is 9.59 Å². The quantitative estimate of drug-likeness (QED) is 0.495. The van der Waals surface area contributed by atoms with Gasteiger partial charge in [0.1, 0.15) is 6.26 Å². The van der Waals surface area contributed by atoms with E-state index in [4.69, 9.17) is 4.42 Å². The van der Waals surface area contributed by atoms with Crippen LogP contribution in [0.15, 0.2) is 76.7 Å². The molecule has 0 aliphatic carbocycles. The Bertz CT molecular complexity index is 1230. The minimum atomic E-state index is -0.196. The Morgan fingerprint density at radius 3 is 2.71 bits per heavy atom. The monoisotopic (exact) mass is 429 g/mol. The summed E-state index contributed by atoms with van der Waals surface area (Å²) >= 11 is 1.53. The lowest BCUT2D eigenvalue weighted by molar-refractivity contribution is -0.115. The van der Waals surface area contributed by atoms with Crippen LogP contribution in [0.5, 0.6) is 0 Å². The summed E-state index contributed by atoms with van der Waals surface area (Å²) in [5.74, 6) is 0.286. The van der Waals surface area contributed by atoms with Gasteiger partial charge in [-0.3, -0.25) is 9.59 Å². The van der Waals surface area contributed by atoms with Crippen LogP contribution >= 0.6 is 11.3 Å². The molecule has 0 spiro atoms. The molecule has 0 fully saturated rings. The van der Waals surface area contributed by atoms with Gasteiger partial charge in [-0.05, 0) is 53.8 Å². The highest BCUT2D eigenvalue weighted by Crippen LogP contribution is 2.29. The zero-order chi connectivity index (χ0) is 21.2. The molecule has 0 saturated heterocycles. The largest absolute Gasteiger partial charge is 0.444 e. The van der Waals surface area contributed by atoms with Crippen LogP contribution in [-0.2, 0) is 17.6 Å². The number of benzene rings is 2. The average Bonchev–Trinajstić information content (AvgIpc) is 3.54. The molecule has 1 N–H and O–H groups in total. The van der Waals surface area contributed by atoms with E-state index >= 15 is 0 Å². The number of hydrogen-bond donors (Lipinski definition) is 1. The number of anilines is 2. The van der Waals surface area contributed by atoms with Gasteiger partial charge in [-0.2, -0.15) is 0 Å². The molecule has 154 valence electrons. The minimum absolute atomic E-state index is 0.0356. The minimum Gasteiger partial charge on any atom is -0.444 e. The Morgan fingerprint density at radius 1 is 1.06 bits per heavy atom. The molecule has 0 atom stereocenters. The van der Waals surface area contributed by atoms with E-state index in [1.54, 1.807) is 29.2 Å². The number of aromatic nitrogens is 1. The predicted molar refractivity (Wildman–Crippen MR) is 120 cm³/mol. The fourth-order valence-electron chi connectivity index (χ4n) is 3.67. The molecule has 2 aromatic carbocycles. The number of nitrogens with one attached hydrogen (secondary N) is 1. The van der Waals surface area contributed by atoms with Crippen molar-refractivity contribution in [3.05, 3.63) is 89.1 Å². The maximum Gasteiger partial charge on any atom is 0.258 e. The highest BCUT2D eigenvalue weighted by molar-refractivity contribution is 7.13. The molecule has 2 amide bonds. The van der Waals surface area contributed by atoms with Crippen molar-refractivity contribution in [3.8, 4) is 10.8 Å². The van der Waals surface area contributed by atoms with Crippen LogP contribution in [0.3, 0.4) is 0 Å². The summed E-state index contributed by atoms with van der Waals surface area (Å²) in [6.45, 7) is 0.682. The van der Waals surface area contributed by atoms with Crippen molar-refractivity contribution in [2.45, 2.75) is 12.8 Å². The van der Waals surface area contributed by atoms with Gasteiger partial charge in [-0.25, -0.2) is 4.98 Å². The van der Waals surface area contributed by atoms with Crippen molar-refractivity contribution < 1.29 is 14.0 Å². The number of carbonyl (C=O) groups is 2. The SMILES string of the molecule is O=C(Cc1coc(-c2cccs2)n1)Nc1ccc(C(=O)N2CCc3ccccc32)cc1. The number of fused-ring (bicyclic) bond motifs is 1. The van der Waals surface area contributed by atoms with Gasteiger partial charge in [0.15, 0.2) is 0 Å². The van der Waals surface area contributed by atoms with Crippen molar-refractivity contribution in [2.24, 2.45) is 0 Å². The van der Waals surface area contributed by atoms with Crippen LogP contribution in [0.2, 0.25) is 0 Å². The Balaban J connectivity index is 1.21. The van der Waals surface area contributed by atoms with Crippen molar-refractivity contribution in [2.75, 3.05) is 16.8 Å². The summed E-state index contributed by atoms with van der Waals surface area (Å²) in [4.78, 5) is 32.4. The Hall–Kier alpha value is -3.71. The second-order valence-electron chi connectivity index (χ2n) is 7.26. The summed E-state index contributed by atoms with van der Waals surface area (Å²) in [5, 5.41) is 4.79. The molecular weight excluding hydrogens is 410 g/mol.